The summed E-state index contributed by atoms with van der Waals surface area (Å²) in [6.45, 7) is 3.51. The maximum Gasteiger partial charge on any atom is 0.262 e. The van der Waals surface area contributed by atoms with E-state index in [1.807, 2.05) is 0 Å². The smallest absolute Gasteiger partial charge is 0.262 e. The molecule has 0 spiro atoms. The van der Waals surface area contributed by atoms with Gasteiger partial charge in [0.15, 0.2) is 0 Å². The number of carbonyl (C=O) groups is 5. The number of hydrogen-bond acceptors (Lipinski definition) is 6. The third-order valence-electron chi connectivity index (χ3n) is 5.83. The lowest BCUT2D eigenvalue weighted by atomic mass is 10.0. The molecule has 3 N–H and O–H groups in total. The Morgan fingerprint density at radius 1 is 1.12 bits per heavy atom. The first-order valence-electron chi connectivity index (χ1n) is 10.5. The van der Waals surface area contributed by atoms with E-state index in [0.29, 0.717) is 11.1 Å². The Balaban J connectivity index is 1.55. The summed E-state index contributed by atoms with van der Waals surface area (Å²) in [7, 11) is -2.58. The SMILES string of the molecule is C[Si](C)(O)c1cccc(C(=O)NCc2cccc3c2C(=O)N(C2CCC(=O)NC2=O)C3=O)c1. The molecule has 2 aromatic rings. The van der Waals surface area contributed by atoms with Crippen molar-refractivity contribution in [3.63, 3.8) is 0 Å². The van der Waals surface area contributed by atoms with Crippen molar-refractivity contribution < 1.29 is 28.8 Å². The number of rotatable bonds is 5. The quantitative estimate of drug-likeness (QED) is 0.433. The van der Waals surface area contributed by atoms with Crippen LogP contribution in [0.3, 0.4) is 0 Å². The van der Waals surface area contributed by atoms with Gasteiger partial charge < -0.3 is 10.1 Å². The molecule has 1 atom stereocenters. The zero-order valence-electron chi connectivity index (χ0n) is 18.2. The van der Waals surface area contributed by atoms with E-state index in [1.165, 1.54) is 6.07 Å². The monoisotopic (exact) mass is 465 g/mol. The van der Waals surface area contributed by atoms with Crippen molar-refractivity contribution in [2.45, 2.75) is 38.5 Å². The maximum absolute atomic E-state index is 13.1. The highest BCUT2D eigenvalue weighted by Crippen LogP contribution is 2.30. The number of nitrogens with one attached hydrogen (secondary N) is 2. The van der Waals surface area contributed by atoms with E-state index in [0.717, 1.165) is 10.1 Å². The number of piperidine rings is 1. The van der Waals surface area contributed by atoms with Crippen LogP contribution in [0.4, 0.5) is 0 Å². The van der Waals surface area contributed by atoms with Crippen molar-refractivity contribution in [2.24, 2.45) is 0 Å². The summed E-state index contributed by atoms with van der Waals surface area (Å²) in [5.74, 6) is -2.71. The van der Waals surface area contributed by atoms with Gasteiger partial charge in [0.25, 0.3) is 17.7 Å². The van der Waals surface area contributed by atoms with Crippen LogP contribution in [0.15, 0.2) is 42.5 Å². The van der Waals surface area contributed by atoms with Gasteiger partial charge in [0, 0.05) is 18.5 Å². The van der Waals surface area contributed by atoms with Crippen molar-refractivity contribution in [1.82, 2.24) is 15.5 Å². The fourth-order valence-corrected chi connectivity index (χ4v) is 5.06. The van der Waals surface area contributed by atoms with Crippen LogP contribution >= 0.6 is 0 Å². The average molecular weight is 466 g/mol. The molecule has 0 saturated carbocycles. The topological polar surface area (TPSA) is 133 Å². The summed E-state index contributed by atoms with van der Waals surface area (Å²) in [5, 5.41) is 5.64. The molecule has 0 aliphatic carbocycles. The minimum absolute atomic E-state index is 0.00557. The standard InChI is InChI=1S/C23H23N3O6Si/c1-33(2,32)15-7-3-5-13(11-15)20(28)24-12-14-6-4-8-16-19(14)23(31)26(22(16)30)17-9-10-18(27)25-21(17)29/h3-8,11,17,32H,9-10,12H2,1-2H3,(H,24,28)(H,25,27,29). The number of fused-ring (bicyclic) bond motifs is 1. The molecule has 9 nitrogen and oxygen atoms in total. The normalized spacial score (nSPS) is 18.3. The van der Waals surface area contributed by atoms with Gasteiger partial charge in [0.2, 0.25) is 20.1 Å². The van der Waals surface area contributed by atoms with Crippen LogP contribution in [0.5, 0.6) is 0 Å². The van der Waals surface area contributed by atoms with E-state index >= 15 is 0 Å². The van der Waals surface area contributed by atoms with E-state index < -0.39 is 38.0 Å². The molecule has 2 heterocycles. The average Bonchev–Trinajstić information content (AvgIpc) is 3.02. The Kier molecular flexibility index (Phi) is 5.72. The Hall–Kier alpha value is -3.63. The molecule has 0 aromatic heterocycles. The van der Waals surface area contributed by atoms with Crippen LogP contribution in [-0.2, 0) is 16.1 Å². The highest BCUT2D eigenvalue weighted by Gasteiger charge is 2.45. The number of carbonyl (C=O) groups excluding carboxylic acids is 5. The van der Waals surface area contributed by atoms with Crippen LogP contribution in [0.2, 0.25) is 13.1 Å². The van der Waals surface area contributed by atoms with Gasteiger partial charge in [0.1, 0.15) is 6.04 Å². The van der Waals surface area contributed by atoms with Crippen molar-refractivity contribution in [3.05, 3.63) is 64.7 Å². The van der Waals surface area contributed by atoms with E-state index in [9.17, 15) is 28.8 Å². The lowest BCUT2D eigenvalue weighted by Crippen LogP contribution is -2.54. The number of imide groups is 2. The van der Waals surface area contributed by atoms with E-state index in [1.54, 1.807) is 49.5 Å². The Morgan fingerprint density at radius 2 is 1.85 bits per heavy atom. The number of benzene rings is 2. The summed E-state index contributed by atoms with van der Waals surface area (Å²) in [6.07, 6.45) is 0.113. The van der Waals surface area contributed by atoms with Gasteiger partial charge in [-0.25, -0.2) is 0 Å². The second-order valence-electron chi connectivity index (χ2n) is 8.61. The van der Waals surface area contributed by atoms with Gasteiger partial charge >= 0.3 is 0 Å². The van der Waals surface area contributed by atoms with Gasteiger partial charge in [-0.15, -0.1) is 0 Å². The predicted molar refractivity (Wildman–Crippen MR) is 120 cm³/mol. The minimum Gasteiger partial charge on any atom is -0.428 e. The molecular weight excluding hydrogens is 442 g/mol. The molecule has 170 valence electrons. The molecule has 1 saturated heterocycles. The second kappa shape index (κ2) is 8.37. The summed E-state index contributed by atoms with van der Waals surface area (Å²) in [4.78, 5) is 73.6. The Labute approximate surface area is 190 Å². The van der Waals surface area contributed by atoms with Crippen molar-refractivity contribution in [2.75, 3.05) is 0 Å². The summed E-state index contributed by atoms with van der Waals surface area (Å²) in [5.41, 5.74) is 1.13. The number of nitrogens with zero attached hydrogens (tertiary/aromatic N) is 1. The first kappa shape index (κ1) is 22.6. The highest BCUT2D eigenvalue weighted by atomic mass is 28.4. The molecule has 5 amide bonds. The van der Waals surface area contributed by atoms with Crippen LogP contribution in [0.1, 0.15) is 49.5 Å². The van der Waals surface area contributed by atoms with E-state index in [-0.39, 0.29) is 36.4 Å². The van der Waals surface area contributed by atoms with Crippen LogP contribution < -0.4 is 15.8 Å². The van der Waals surface area contributed by atoms with Crippen LogP contribution in [0.25, 0.3) is 0 Å². The molecular formula is C23H23N3O6Si. The van der Waals surface area contributed by atoms with Gasteiger partial charge in [-0.2, -0.15) is 0 Å². The van der Waals surface area contributed by atoms with Crippen LogP contribution in [-0.4, -0.2) is 53.6 Å². The number of hydrogen-bond donors (Lipinski definition) is 3. The molecule has 2 aromatic carbocycles. The van der Waals surface area contributed by atoms with Gasteiger partial charge in [0.05, 0.1) is 11.1 Å². The van der Waals surface area contributed by atoms with Crippen LogP contribution in [0, 0.1) is 0 Å². The first-order chi connectivity index (χ1) is 15.6. The molecule has 2 aliphatic rings. The second-order valence-corrected chi connectivity index (χ2v) is 12.3. The zero-order valence-corrected chi connectivity index (χ0v) is 19.2. The summed E-state index contributed by atoms with van der Waals surface area (Å²) < 4.78 is 0. The molecule has 0 radical (unpaired) electrons. The third kappa shape index (κ3) is 4.22. The lowest BCUT2D eigenvalue weighted by Gasteiger charge is -2.27. The van der Waals surface area contributed by atoms with Gasteiger partial charge in [-0.05, 0) is 48.5 Å². The fourth-order valence-electron chi connectivity index (χ4n) is 4.05. The minimum atomic E-state index is -2.58. The molecule has 0 bridgehead atoms. The maximum atomic E-state index is 13.1. The predicted octanol–water partition coefficient (Wildman–Crippen LogP) is 0.422. The summed E-state index contributed by atoms with van der Waals surface area (Å²) in [6, 6.07) is 10.5. The number of amides is 5. The first-order valence-corrected chi connectivity index (χ1v) is 13.5. The van der Waals surface area contributed by atoms with Gasteiger partial charge in [-0.1, -0.05) is 24.3 Å². The highest BCUT2D eigenvalue weighted by molar-refractivity contribution is 6.83. The van der Waals surface area contributed by atoms with E-state index in [2.05, 4.69) is 10.6 Å². The summed E-state index contributed by atoms with van der Waals surface area (Å²) >= 11 is 0. The molecule has 2 aliphatic heterocycles. The molecule has 10 heteroatoms. The van der Waals surface area contributed by atoms with Crippen molar-refractivity contribution in [1.29, 1.82) is 0 Å². The lowest BCUT2D eigenvalue weighted by molar-refractivity contribution is -0.136. The van der Waals surface area contributed by atoms with E-state index in [4.69, 9.17) is 0 Å². The van der Waals surface area contributed by atoms with Crippen molar-refractivity contribution in [3.8, 4) is 0 Å². The molecule has 33 heavy (non-hydrogen) atoms. The third-order valence-corrected chi connectivity index (χ3v) is 7.55. The van der Waals surface area contributed by atoms with Gasteiger partial charge in [-0.3, -0.25) is 34.2 Å². The van der Waals surface area contributed by atoms with Crippen molar-refractivity contribution >= 4 is 43.0 Å². The molecule has 1 fully saturated rings. The molecule has 4 rings (SSSR count). The fraction of sp³-hybridized carbons (Fsp3) is 0.261. The zero-order chi connectivity index (χ0) is 23.9. The largest absolute Gasteiger partial charge is 0.428 e. The Morgan fingerprint density at radius 3 is 2.55 bits per heavy atom. The Bertz CT molecular complexity index is 1200. The molecule has 1 unspecified atom stereocenters.